The summed E-state index contributed by atoms with van der Waals surface area (Å²) in [5.41, 5.74) is 0. The minimum atomic E-state index is -4.87. The lowest BCUT2D eigenvalue weighted by atomic mass is 10.1. The van der Waals surface area contributed by atoms with Gasteiger partial charge in [-0.25, -0.2) is 17.9 Å². The molecule has 0 spiro atoms. The largest absolute Gasteiger partial charge is 0.573 e. The van der Waals surface area contributed by atoms with Crippen molar-refractivity contribution in [1.29, 1.82) is 0 Å². The summed E-state index contributed by atoms with van der Waals surface area (Å²) in [6.45, 7) is 1.44. The van der Waals surface area contributed by atoms with Crippen LogP contribution in [0.4, 0.5) is 18.0 Å². The second kappa shape index (κ2) is 7.26. The molecule has 0 aromatic heterocycles. The molecule has 1 aliphatic rings. The number of halogens is 3. The van der Waals surface area contributed by atoms with Crippen LogP contribution in [0.3, 0.4) is 0 Å². The fraction of sp³-hybridized carbons (Fsp3) is 0.462. The predicted molar refractivity (Wildman–Crippen MR) is 77.9 cm³/mol. The molecule has 0 radical (unpaired) electrons. The molecule has 2 rings (SSSR count). The highest BCUT2D eigenvalue weighted by atomic mass is 32.2. The number of benzene rings is 1. The molecule has 134 valence electrons. The SMILES string of the molecule is O=C(NC1CCNCC1)NS(=O)(=O)c1ccc(OC(F)(F)F)cc1. The molecule has 11 heteroatoms. The van der Waals surface area contributed by atoms with E-state index in [4.69, 9.17) is 0 Å². The maximum absolute atomic E-state index is 12.1. The highest BCUT2D eigenvalue weighted by Crippen LogP contribution is 2.23. The van der Waals surface area contributed by atoms with E-state index in [1.165, 1.54) is 0 Å². The Labute approximate surface area is 136 Å². The first kappa shape index (κ1) is 18.3. The number of ether oxygens (including phenoxy) is 1. The molecule has 1 heterocycles. The molecule has 7 nitrogen and oxygen atoms in total. The van der Waals surface area contributed by atoms with Crippen molar-refractivity contribution in [3.63, 3.8) is 0 Å². The standard InChI is InChI=1S/C13H16F3N3O4S/c14-13(15,16)23-10-1-3-11(4-2-10)24(21,22)19-12(20)18-9-5-7-17-8-6-9/h1-4,9,17H,5-8H2,(H2,18,19,20). The van der Waals surface area contributed by atoms with Crippen LogP contribution in [0.2, 0.25) is 0 Å². The number of amides is 2. The Morgan fingerprint density at radius 1 is 1.17 bits per heavy atom. The predicted octanol–water partition coefficient (Wildman–Crippen LogP) is 1.33. The van der Waals surface area contributed by atoms with Crippen LogP contribution in [-0.4, -0.2) is 39.9 Å². The number of hydrogen-bond acceptors (Lipinski definition) is 5. The summed E-state index contributed by atoms with van der Waals surface area (Å²) in [5, 5.41) is 5.65. The van der Waals surface area contributed by atoms with Gasteiger partial charge < -0.3 is 15.4 Å². The van der Waals surface area contributed by atoms with Gasteiger partial charge in [0.2, 0.25) is 0 Å². The number of nitrogens with one attached hydrogen (secondary N) is 3. The zero-order valence-corrected chi connectivity index (χ0v) is 13.2. The number of alkyl halides is 3. The molecule has 1 aromatic rings. The van der Waals surface area contributed by atoms with Crippen molar-refractivity contribution in [3.05, 3.63) is 24.3 Å². The topological polar surface area (TPSA) is 96.5 Å². The van der Waals surface area contributed by atoms with Crippen molar-refractivity contribution in [3.8, 4) is 5.75 Å². The van der Waals surface area contributed by atoms with E-state index in [0.717, 1.165) is 37.4 Å². The lowest BCUT2D eigenvalue weighted by Crippen LogP contribution is -2.48. The summed E-state index contributed by atoms with van der Waals surface area (Å²) in [6.07, 6.45) is -3.51. The van der Waals surface area contributed by atoms with E-state index >= 15 is 0 Å². The molecule has 2 amide bonds. The molecular formula is C13H16F3N3O4S. The fourth-order valence-electron chi connectivity index (χ4n) is 2.18. The number of carbonyl (C=O) groups is 1. The molecule has 0 aliphatic carbocycles. The van der Waals surface area contributed by atoms with Crippen molar-refractivity contribution in [1.82, 2.24) is 15.4 Å². The van der Waals surface area contributed by atoms with Gasteiger partial charge in [0, 0.05) is 6.04 Å². The summed E-state index contributed by atoms with van der Waals surface area (Å²) < 4.78 is 65.7. The summed E-state index contributed by atoms with van der Waals surface area (Å²) in [6, 6.07) is 2.53. The molecule has 1 saturated heterocycles. The van der Waals surface area contributed by atoms with E-state index < -0.39 is 28.2 Å². The minimum Gasteiger partial charge on any atom is -0.406 e. The van der Waals surface area contributed by atoms with Crippen LogP contribution >= 0.6 is 0 Å². The van der Waals surface area contributed by atoms with Crippen LogP contribution < -0.4 is 20.1 Å². The smallest absolute Gasteiger partial charge is 0.406 e. The third-order valence-electron chi connectivity index (χ3n) is 3.27. The summed E-state index contributed by atoms with van der Waals surface area (Å²) >= 11 is 0. The monoisotopic (exact) mass is 367 g/mol. The molecule has 3 N–H and O–H groups in total. The number of piperidine rings is 1. The average molecular weight is 367 g/mol. The lowest BCUT2D eigenvalue weighted by Gasteiger charge is -2.23. The fourth-order valence-corrected chi connectivity index (χ4v) is 3.10. The number of carbonyl (C=O) groups excluding carboxylic acids is 1. The molecule has 1 fully saturated rings. The van der Waals surface area contributed by atoms with Gasteiger partial charge in [-0.05, 0) is 50.2 Å². The molecular weight excluding hydrogens is 351 g/mol. The molecule has 0 bridgehead atoms. The van der Waals surface area contributed by atoms with Crippen molar-refractivity contribution < 1.29 is 31.1 Å². The molecule has 0 saturated carbocycles. The number of rotatable bonds is 4. The molecule has 0 atom stereocenters. The normalized spacial score (nSPS) is 16.5. The Hall–Kier alpha value is -2.01. The van der Waals surface area contributed by atoms with E-state index in [2.05, 4.69) is 15.4 Å². The number of sulfonamides is 1. The lowest BCUT2D eigenvalue weighted by molar-refractivity contribution is -0.274. The number of hydrogen-bond donors (Lipinski definition) is 3. The summed E-state index contributed by atoms with van der Waals surface area (Å²) in [5.74, 6) is -0.555. The van der Waals surface area contributed by atoms with Crippen LogP contribution in [0.5, 0.6) is 5.75 Å². The Balaban J connectivity index is 1.97. The first-order valence-electron chi connectivity index (χ1n) is 7.05. The highest BCUT2D eigenvalue weighted by Gasteiger charge is 2.31. The van der Waals surface area contributed by atoms with Crippen molar-refractivity contribution in [2.45, 2.75) is 30.1 Å². The molecule has 1 aliphatic heterocycles. The minimum absolute atomic E-state index is 0.135. The zero-order valence-electron chi connectivity index (χ0n) is 12.4. The van der Waals surface area contributed by atoms with Crippen molar-refractivity contribution in [2.24, 2.45) is 0 Å². The second-order valence-corrected chi connectivity index (χ2v) is 6.80. The summed E-state index contributed by atoms with van der Waals surface area (Å²) in [4.78, 5) is 11.4. The highest BCUT2D eigenvalue weighted by molar-refractivity contribution is 7.90. The van der Waals surface area contributed by atoms with Crippen LogP contribution in [0.15, 0.2) is 29.2 Å². The van der Waals surface area contributed by atoms with Gasteiger partial charge in [-0.1, -0.05) is 0 Å². The maximum atomic E-state index is 12.1. The van der Waals surface area contributed by atoms with Crippen LogP contribution in [0.1, 0.15) is 12.8 Å². The van der Waals surface area contributed by atoms with E-state index in [1.807, 2.05) is 4.72 Å². The van der Waals surface area contributed by atoms with Crippen molar-refractivity contribution >= 4 is 16.1 Å². The van der Waals surface area contributed by atoms with Gasteiger partial charge in [-0.3, -0.25) is 0 Å². The average Bonchev–Trinajstić information content (AvgIpc) is 2.46. The van der Waals surface area contributed by atoms with Gasteiger partial charge in [-0.15, -0.1) is 13.2 Å². The molecule has 24 heavy (non-hydrogen) atoms. The number of urea groups is 1. The van der Waals surface area contributed by atoms with Gasteiger partial charge in [0.1, 0.15) is 5.75 Å². The second-order valence-electron chi connectivity index (χ2n) is 5.12. The van der Waals surface area contributed by atoms with Gasteiger partial charge in [0.15, 0.2) is 0 Å². The molecule has 1 aromatic carbocycles. The zero-order chi connectivity index (χ0) is 17.8. The Bertz CT molecular complexity index is 671. The summed E-state index contributed by atoms with van der Waals surface area (Å²) in [7, 11) is -4.19. The third kappa shape index (κ3) is 5.57. The molecule has 0 unspecified atom stereocenters. The van der Waals surface area contributed by atoms with E-state index in [9.17, 15) is 26.4 Å². The van der Waals surface area contributed by atoms with E-state index in [-0.39, 0.29) is 10.9 Å². The van der Waals surface area contributed by atoms with Crippen LogP contribution in [-0.2, 0) is 10.0 Å². The van der Waals surface area contributed by atoms with E-state index in [1.54, 1.807) is 0 Å². The Kier molecular flexibility index (Phi) is 5.54. The quantitative estimate of drug-likeness (QED) is 0.746. The first-order chi connectivity index (χ1) is 11.2. The van der Waals surface area contributed by atoms with Gasteiger partial charge >= 0.3 is 12.4 Å². The first-order valence-corrected chi connectivity index (χ1v) is 8.54. The maximum Gasteiger partial charge on any atom is 0.573 e. The van der Waals surface area contributed by atoms with Crippen LogP contribution in [0, 0.1) is 0 Å². The Morgan fingerprint density at radius 3 is 2.29 bits per heavy atom. The third-order valence-corrected chi connectivity index (χ3v) is 4.62. The van der Waals surface area contributed by atoms with Crippen molar-refractivity contribution in [2.75, 3.05) is 13.1 Å². The van der Waals surface area contributed by atoms with Gasteiger partial charge in [-0.2, -0.15) is 0 Å². The van der Waals surface area contributed by atoms with E-state index in [0.29, 0.717) is 12.8 Å². The van der Waals surface area contributed by atoms with Gasteiger partial charge in [0.05, 0.1) is 4.90 Å². The van der Waals surface area contributed by atoms with Crippen LogP contribution in [0.25, 0.3) is 0 Å². The van der Waals surface area contributed by atoms with Gasteiger partial charge in [0.25, 0.3) is 10.0 Å². The Morgan fingerprint density at radius 2 is 1.75 bits per heavy atom.